The Labute approximate surface area is 129 Å². The van der Waals surface area contributed by atoms with Crippen molar-refractivity contribution in [2.45, 2.75) is 26.6 Å². The van der Waals surface area contributed by atoms with Gasteiger partial charge >= 0.3 is 0 Å². The Kier molecular flexibility index (Phi) is 4.85. The SMILES string of the molecule is CCNCc1nc(CN2CCOc3ccccc3C2)cs1. The fourth-order valence-electron chi connectivity index (χ4n) is 2.48. The van der Waals surface area contributed by atoms with Crippen molar-refractivity contribution in [2.75, 3.05) is 19.7 Å². The predicted octanol–water partition coefficient (Wildman–Crippen LogP) is 2.65. The van der Waals surface area contributed by atoms with Gasteiger partial charge in [-0.1, -0.05) is 25.1 Å². The van der Waals surface area contributed by atoms with Crippen molar-refractivity contribution in [3.63, 3.8) is 0 Å². The van der Waals surface area contributed by atoms with Gasteiger partial charge in [-0.3, -0.25) is 4.90 Å². The molecule has 0 fully saturated rings. The lowest BCUT2D eigenvalue weighted by Crippen LogP contribution is -2.25. The van der Waals surface area contributed by atoms with E-state index in [9.17, 15) is 0 Å². The van der Waals surface area contributed by atoms with Crippen LogP contribution in [-0.2, 0) is 19.6 Å². The van der Waals surface area contributed by atoms with Crippen LogP contribution in [0.3, 0.4) is 0 Å². The largest absolute Gasteiger partial charge is 0.492 e. The van der Waals surface area contributed by atoms with Crippen LogP contribution in [0.4, 0.5) is 0 Å². The maximum atomic E-state index is 5.81. The minimum atomic E-state index is 0.741. The van der Waals surface area contributed by atoms with Gasteiger partial charge in [0.2, 0.25) is 0 Å². The van der Waals surface area contributed by atoms with Gasteiger partial charge in [0.25, 0.3) is 0 Å². The van der Waals surface area contributed by atoms with Gasteiger partial charge in [0, 0.05) is 37.1 Å². The summed E-state index contributed by atoms with van der Waals surface area (Å²) in [6.07, 6.45) is 0. The van der Waals surface area contributed by atoms with Crippen molar-refractivity contribution in [3.8, 4) is 5.75 Å². The van der Waals surface area contributed by atoms with Crippen molar-refractivity contribution >= 4 is 11.3 Å². The van der Waals surface area contributed by atoms with E-state index in [-0.39, 0.29) is 0 Å². The van der Waals surface area contributed by atoms with Crippen LogP contribution in [-0.4, -0.2) is 29.6 Å². The van der Waals surface area contributed by atoms with Gasteiger partial charge in [-0.15, -0.1) is 11.3 Å². The summed E-state index contributed by atoms with van der Waals surface area (Å²) >= 11 is 1.74. The van der Waals surface area contributed by atoms with E-state index in [0.717, 1.165) is 50.8 Å². The summed E-state index contributed by atoms with van der Waals surface area (Å²) in [5.74, 6) is 1.02. The minimum absolute atomic E-state index is 0.741. The Morgan fingerprint density at radius 1 is 1.38 bits per heavy atom. The fraction of sp³-hybridized carbons (Fsp3) is 0.438. The lowest BCUT2D eigenvalue weighted by Gasteiger charge is -2.17. The molecular weight excluding hydrogens is 282 g/mol. The Bertz CT molecular complexity index is 584. The summed E-state index contributed by atoms with van der Waals surface area (Å²) in [7, 11) is 0. The zero-order valence-corrected chi connectivity index (χ0v) is 13.2. The number of benzene rings is 1. The first-order valence-corrected chi connectivity index (χ1v) is 8.30. The Morgan fingerprint density at radius 2 is 2.29 bits per heavy atom. The molecule has 2 aromatic rings. The molecule has 112 valence electrons. The molecule has 2 heterocycles. The molecule has 4 nitrogen and oxygen atoms in total. The van der Waals surface area contributed by atoms with E-state index in [1.807, 2.05) is 6.07 Å². The number of nitrogens with zero attached hydrogens (tertiary/aromatic N) is 2. The molecule has 3 rings (SSSR count). The quantitative estimate of drug-likeness (QED) is 0.921. The number of fused-ring (bicyclic) bond motifs is 1. The standard InChI is InChI=1S/C16H21N3OS/c1-2-17-9-16-18-14(12-21-16)11-19-7-8-20-15-6-4-3-5-13(15)10-19/h3-6,12,17H,2,7-11H2,1H3. The molecule has 1 aromatic heterocycles. The average Bonchev–Trinajstić information content (AvgIpc) is 2.83. The third-order valence-corrected chi connectivity index (χ3v) is 4.44. The smallest absolute Gasteiger partial charge is 0.123 e. The zero-order chi connectivity index (χ0) is 14.5. The number of ether oxygens (including phenoxy) is 1. The van der Waals surface area contributed by atoms with E-state index in [4.69, 9.17) is 9.72 Å². The summed E-state index contributed by atoms with van der Waals surface area (Å²) in [5, 5.41) is 6.65. The van der Waals surface area contributed by atoms with Gasteiger partial charge in [0.1, 0.15) is 17.4 Å². The lowest BCUT2D eigenvalue weighted by atomic mass is 10.2. The first kappa shape index (κ1) is 14.5. The third-order valence-electron chi connectivity index (χ3n) is 3.54. The summed E-state index contributed by atoms with van der Waals surface area (Å²) in [5.41, 5.74) is 2.42. The van der Waals surface area contributed by atoms with E-state index >= 15 is 0 Å². The van der Waals surface area contributed by atoms with Gasteiger partial charge in [-0.25, -0.2) is 4.98 Å². The van der Waals surface area contributed by atoms with E-state index < -0.39 is 0 Å². The Balaban J connectivity index is 1.64. The summed E-state index contributed by atoms with van der Waals surface area (Å²) in [6.45, 7) is 7.46. The monoisotopic (exact) mass is 303 g/mol. The number of thiazole rings is 1. The highest BCUT2D eigenvalue weighted by Gasteiger charge is 2.16. The average molecular weight is 303 g/mol. The van der Waals surface area contributed by atoms with Crippen LogP contribution in [0.5, 0.6) is 5.75 Å². The number of aromatic nitrogens is 1. The van der Waals surface area contributed by atoms with Gasteiger partial charge in [-0.05, 0) is 12.6 Å². The van der Waals surface area contributed by atoms with E-state index in [1.165, 1.54) is 10.6 Å². The predicted molar refractivity (Wildman–Crippen MR) is 85.5 cm³/mol. The molecule has 5 heteroatoms. The number of nitrogens with one attached hydrogen (secondary N) is 1. The highest BCUT2D eigenvalue weighted by molar-refractivity contribution is 7.09. The van der Waals surface area contributed by atoms with Crippen LogP contribution >= 0.6 is 11.3 Å². The summed E-state index contributed by atoms with van der Waals surface area (Å²) < 4.78 is 5.81. The molecule has 21 heavy (non-hydrogen) atoms. The van der Waals surface area contributed by atoms with Crippen molar-refractivity contribution in [1.29, 1.82) is 0 Å². The van der Waals surface area contributed by atoms with E-state index in [1.54, 1.807) is 11.3 Å². The molecule has 1 aromatic carbocycles. The van der Waals surface area contributed by atoms with Crippen molar-refractivity contribution in [1.82, 2.24) is 15.2 Å². The minimum Gasteiger partial charge on any atom is -0.492 e. The van der Waals surface area contributed by atoms with Crippen LogP contribution in [0.15, 0.2) is 29.6 Å². The van der Waals surface area contributed by atoms with Crippen LogP contribution in [0, 0.1) is 0 Å². The molecule has 0 bridgehead atoms. The molecule has 0 atom stereocenters. The number of hydrogen-bond donors (Lipinski definition) is 1. The summed E-state index contributed by atoms with van der Waals surface area (Å²) in [6, 6.07) is 8.30. The molecule has 1 N–H and O–H groups in total. The molecule has 0 unspecified atom stereocenters. The van der Waals surface area contributed by atoms with Crippen molar-refractivity contribution in [3.05, 3.63) is 45.9 Å². The topological polar surface area (TPSA) is 37.4 Å². The Morgan fingerprint density at radius 3 is 3.19 bits per heavy atom. The second-order valence-corrected chi connectivity index (χ2v) is 6.12. The molecule has 0 spiro atoms. The normalized spacial score (nSPS) is 15.3. The fourth-order valence-corrected chi connectivity index (χ4v) is 3.23. The molecule has 0 saturated heterocycles. The van der Waals surface area contributed by atoms with Crippen LogP contribution in [0.1, 0.15) is 23.2 Å². The number of rotatable bonds is 5. The molecular formula is C16H21N3OS. The number of para-hydroxylation sites is 1. The molecule has 0 amide bonds. The first-order valence-electron chi connectivity index (χ1n) is 7.42. The van der Waals surface area contributed by atoms with Gasteiger partial charge in [0.05, 0.1) is 5.69 Å². The molecule has 0 aliphatic carbocycles. The van der Waals surface area contributed by atoms with Crippen LogP contribution < -0.4 is 10.1 Å². The van der Waals surface area contributed by atoms with Gasteiger partial charge in [0.15, 0.2) is 0 Å². The van der Waals surface area contributed by atoms with E-state index in [2.05, 4.69) is 40.7 Å². The zero-order valence-electron chi connectivity index (χ0n) is 12.3. The Hall–Kier alpha value is -1.43. The molecule has 0 radical (unpaired) electrons. The lowest BCUT2D eigenvalue weighted by molar-refractivity contribution is 0.218. The number of hydrogen-bond acceptors (Lipinski definition) is 5. The summed E-state index contributed by atoms with van der Waals surface area (Å²) in [4.78, 5) is 7.10. The highest BCUT2D eigenvalue weighted by Crippen LogP contribution is 2.23. The highest BCUT2D eigenvalue weighted by atomic mass is 32.1. The maximum absolute atomic E-state index is 5.81. The van der Waals surface area contributed by atoms with Crippen LogP contribution in [0.25, 0.3) is 0 Å². The second kappa shape index (κ2) is 7.02. The van der Waals surface area contributed by atoms with Gasteiger partial charge in [-0.2, -0.15) is 0 Å². The molecule has 1 aliphatic rings. The van der Waals surface area contributed by atoms with Crippen LogP contribution in [0.2, 0.25) is 0 Å². The van der Waals surface area contributed by atoms with E-state index in [0.29, 0.717) is 0 Å². The maximum Gasteiger partial charge on any atom is 0.123 e. The van der Waals surface area contributed by atoms with Gasteiger partial charge < -0.3 is 10.1 Å². The van der Waals surface area contributed by atoms with Crippen molar-refractivity contribution in [2.24, 2.45) is 0 Å². The second-order valence-electron chi connectivity index (χ2n) is 5.18. The molecule has 1 aliphatic heterocycles. The first-order chi connectivity index (χ1) is 10.3. The molecule has 0 saturated carbocycles. The van der Waals surface area contributed by atoms with Crippen molar-refractivity contribution < 1.29 is 4.74 Å². The third kappa shape index (κ3) is 3.81.